The molecule has 2 amide bonds. The van der Waals surface area contributed by atoms with E-state index in [1.165, 1.54) is 24.3 Å². The summed E-state index contributed by atoms with van der Waals surface area (Å²) in [7, 11) is 0. The lowest BCUT2D eigenvalue weighted by Gasteiger charge is -2.39. The molecule has 3 heterocycles. The van der Waals surface area contributed by atoms with Crippen molar-refractivity contribution in [2.45, 2.75) is 37.4 Å². The van der Waals surface area contributed by atoms with Crippen LogP contribution in [-0.2, 0) is 4.74 Å². The van der Waals surface area contributed by atoms with Crippen LogP contribution in [0.5, 0.6) is 0 Å². The number of rotatable bonds is 4. The normalized spacial score (nSPS) is 19.7. The number of nitrogens with one attached hydrogen (secondary N) is 1. The van der Waals surface area contributed by atoms with Crippen LogP contribution >= 0.6 is 0 Å². The Morgan fingerprint density at radius 1 is 1.06 bits per heavy atom. The van der Waals surface area contributed by atoms with E-state index >= 15 is 0 Å². The van der Waals surface area contributed by atoms with E-state index in [1.807, 2.05) is 29.2 Å². The molecule has 0 saturated carbocycles. The van der Waals surface area contributed by atoms with Crippen LogP contribution in [0.3, 0.4) is 0 Å². The molecule has 2 aliphatic rings. The highest BCUT2D eigenvalue weighted by atomic mass is 19.1. The number of piperidine rings is 1. The van der Waals surface area contributed by atoms with Crippen molar-refractivity contribution in [3.63, 3.8) is 0 Å². The summed E-state index contributed by atoms with van der Waals surface area (Å²) in [5.41, 5.74) is 0.660. The lowest BCUT2D eigenvalue weighted by atomic mass is 9.88. The van der Waals surface area contributed by atoms with E-state index in [9.17, 15) is 14.0 Å². The molecule has 2 saturated heterocycles. The molecule has 0 aliphatic carbocycles. The van der Waals surface area contributed by atoms with Gasteiger partial charge in [-0.05, 0) is 61.4 Å². The summed E-state index contributed by atoms with van der Waals surface area (Å²) in [6, 6.07) is 15.3. The molecule has 1 atom stereocenters. The van der Waals surface area contributed by atoms with Crippen molar-refractivity contribution in [3.05, 3.63) is 77.9 Å². The van der Waals surface area contributed by atoms with E-state index in [0.717, 1.165) is 36.5 Å². The highest BCUT2D eigenvalue weighted by molar-refractivity contribution is 5.96. The van der Waals surface area contributed by atoms with Crippen LogP contribution in [0.2, 0.25) is 0 Å². The molecule has 2 aromatic carbocycles. The minimum absolute atomic E-state index is 0.0474. The Bertz CT molecular complexity index is 1170. The van der Waals surface area contributed by atoms with Crippen LogP contribution < -0.4 is 5.32 Å². The quantitative estimate of drug-likeness (QED) is 0.657. The van der Waals surface area contributed by atoms with Gasteiger partial charge in [-0.3, -0.25) is 14.6 Å². The van der Waals surface area contributed by atoms with Crippen molar-refractivity contribution in [3.8, 4) is 0 Å². The van der Waals surface area contributed by atoms with E-state index < -0.39 is 0 Å². The van der Waals surface area contributed by atoms with Crippen LogP contribution in [-0.4, -0.2) is 53.0 Å². The largest absolute Gasteiger partial charge is 0.370 e. The zero-order chi connectivity index (χ0) is 22.8. The highest BCUT2D eigenvalue weighted by Crippen LogP contribution is 2.39. The van der Waals surface area contributed by atoms with Crippen molar-refractivity contribution in [2.75, 3.05) is 19.6 Å². The third-order valence-corrected chi connectivity index (χ3v) is 6.75. The number of likely N-dealkylation sites (tertiary alicyclic amines) is 1. The molecule has 170 valence electrons. The second kappa shape index (κ2) is 8.90. The molecule has 5 rings (SSSR count). The van der Waals surface area contributed by atoms with Crippen molar-refractivity contribution in [1.29, 1.82) is 0 Å². The number of aromatic nitrogens is 1. The van der Waals surface area contributed by atoms with E-state index in [0.29, 0.717) is 30.9 Å². The molecule has 0 bridgehead atoms. The molecule has 1 unspecified atom stereocenters. The van der Waals surface area contributed by atoms with Gasteiger partial charge in [-0.1, -0.05) is 24.3 Å². The fourth-order valence-corrected chi connectivity index (χ4v) is 4.80. The van der Waals surface area contributed by atoms with Crippen molar-refractivity contribution >= 4 is 22.6 Å². The van der Waals surface area contributed by atoms with Crippen molar-refractivity contribution in [2.24, 2.45) is 0 Å². The third kappa shape index (κ3) is 4.59. The van der Waals surface area contributed by atoms with Gasteiger partial charge in [0.25, 0.3) is 11.8 Å². The summed E-state index contributed by atoms with van der Waals surface area (Å²) in [6.45, 7) is 1.65. The summed E-state index contributed by atoms with van der Waals surface area (Å²) < 4.78 is 19.5. The maximum Gasteiger partial charge on any atom is 0.269 e. The molecule has 1 aromatic heterocycles. The number of fused-ring (bicyclic) bond motifs is 1. The topological polar surface area (TPSA) is 71.5 Å². The number of nitrogens with zero attached hydrogens (tertiary/aromatic N) is 2. The standard InChI is InChI=1S/C26H26FN3O3/c27-21-7-5-18(6-8-21)25(32)30-13-11-26(12-14-30)10-9-22(33-26)17-29-24(31)23-15-19-3-1-2-4-20(19)16-28-23/h1-8,15-16,22H,9-14,17H2,(H,29,31). The number of pyridine rings is 1. The third-order valence-electron chi connectivity index (χ3n) is 6.75. The Labute approximate surface area is 191 Å². The average molecular weight is 448 g/mol. The Hall–Kier alpha value is -3.32. The Morgan fingerprint density at radius 3 is 2.55 bits per heavy atom. The van der Waals surface area contributed by atoms with E-state index in [4.69, 9.17) is 4.74 Å². The summed E-state index contributed by atoms with van der Waals surface area (Å²) in [4.78, 5) is 31.4. The molecular weight excluding hydrogens is 421 g/mol. The number of carbonyl (C=O) groups is 2. The minimum atomic E-state index is -0.349. The van der Waals surface area contributed by atoms with Gasteiger partial charge in [-0.15, -0.1) is 0 Å². The number of ether oxygens (including phenoxy) is 1. The van der Waals surface area contributed by atoms with Crippen LogP contribution in [0.15, 0.2) is 60.8 Å². The molecule has 0 radical (unpaired) electrons. The van der Waals surface area contributed by atoms with Crippen LogP contribution in [0.4, 0.5) is 4.39 Å². The second-order valence-electron chi connectivity index (χ2n) is 8.89. The Balaban J connectivity index is 1.13. The van der Waals surface area contributed by atoms with Gasteiger partial charge in [-0.25, -0.2) is 4.39 Å². The summed E-state index contributed by atoms with van der Waals surface area (Å²) in [5, 5.41) is 4.94. The molecule has 1 spiro atoms. The monoisotopic (exact) mass is 447 g/mol. The van der Waals surface area contributed by atoms with Crippen LogP contribution in [0, 0.1) is 5.82 Å². The molecule has 1 N–H and O–H groups in total. The number of amides is 2. The van der Waals surface area contributed by atoms with E-state index in [1.54, 1.807) is 12.3 Å². The first kappa shape index (κ1) is 21.5. The van der Waals surface area contributed by atoms with Gasteiger partial charge in [0.05, 0.1) is 11.7 Å². The smallest absolute Gasteiger partial charge is 0.269 e. The predicted octanol–water partition coefficient (Wildman–Crippen LogP) is 3.96. The molecule has 3 aromatic rings. The number of hydrogen-bond donors (Lipinski definition) is 1. The Kier molecular flexibility index (Phi) is 5.81. The number of hydrogen-bond acceptors (Lipinski definition) is 4. The number of carbonyl (C=O) groups excluding carboxylic acids is 2. The lowest BCUT2D eigenvalue weighted by molar-refractivity contribution is -0.0712. The van der Waals surface area contributed by atoms with Gasteiger partial charge < -0.3 is 15.0 Å². The highest BCUT2D eigenvalue weighted by Gasteiger charge is 2.43. The molecular formula is C26H26FN3O3. The molecule has 33 heavy (non-hydrogen) atoms. The summed E-state index contributed by atoms with van der Waals surface area (Å²) in [5.74, 6) is -0.627. The number of halogens is 1. The molecule has 6 nitrogen and oxygen atoms in total. The van der Waals surface area contributed by atoms with Crippen LogP contribution in [0.1, 0.15) is 46.5 Å². The van der Waals surface area contributed by atoms with E-state index in [2.05, 4.69) is 10.3 Å². The van der Waals surface area contributed by atoms with Gasteiger partial charge in [0.15, 0.2) is 0 Å². The molecule has 7 heteroatoms. The first-order valence-corrected chi connectivity index (χ1v) is 11.4. The number of benzene rings is 2. The van der Waals surface area contributed by atoms with Gasteiger partial charge >= 0.3 is 0 Å². The van der Waals surface area contributed by atoms with Crippen LogP contribution in [0.25, 0.3) is 10.8 Å². The fraction of sp³-hybridized carbons (Fsp3) is 0.346. The first-order valence-electron chi connectivity index (χ1n) is 11.4. The SMILES string of the molecule is O=C(NCC1CCC2(CCN(C(=O)c3ccc(F)cc3)CC2)O1)c1cc2ccccc2cn1. The second-order valence-corrected chi connectivity index (χ2v) is 8.89. The lowest BCUT2D eigenvalue weighted by Crippen LogP contribution is -2.47. The molecule has 2 aliphatic heterocycles. The fourth-order valence-electron chi connectivity index (χ4n) is 4.80. The van der Waals surface area contributed by atoms with Crippen molar-refractivity contribution < 1.29 is 18.7 Å². The maximum atomic E-state index is 13.1. The molecule has 2 fully saturated rings. The summed E-state index contributed by atoms with van der Waals surface area (Å²) in [6.07, 6.45) is 4.98. The average Bonchev–Trinajstić information content (AvgIpc) is 3.25. The maximum absolute atomic E-state index is 13.1. The first-order chi connectivity index (χ1) is 16.0. The van der Waals surface area contributed by atoms with Gasteiger partial charge in [0.1, 0.15) is 11.5 Å². The van der Waals surface area contributed by atoms with E-state index in [-0.39, 0.29) is 29.3 Å². The zero-order valence-electron chi connectivity index (χ0n) is 18.3. The predicted molar refractivity (Wildman–Crippen MR) is 122 cm³/mol. The van der Waals surface area contributed by atoms with Gasteiger partial charge in [0.2, 0.25) is 0 Å². The Morgan fingerprint density at radius 2 is 1.79 bits per heavy atom. The zero-order valence-corrected chi connectivity index (χ0v) is 18.3. The van der Waals surface area contributed by atoms with Gasteiger partial charge in [0, 0.05) is 36.8 Å². The van der Waals surface area contributed by atoms with Gasteiger partial charge in [-0.2, -0.15) is 0 Å². The summed E-state index contributed by atoms with van der Waals surface area (Å²) >= 11 is 0. The minimum Gasteiger partial charge on any atom is -0.370 e. The van der Waals surface area contributed by atoms with Crippen molar-refractivity contribution in [1.82, 2.24) is 15.2 Å².